The van der Waals surface area contributed by atoms with Crippen molar-refractivity contribution in [2.45, 2.75) is 19.8 Å². The Morgan fingerprint density at radius 2 is 1.21 bits per heavy atom. The van der Waals surface area contributed by atoms with Crippen molar-refractivity contribution in [3.8, 4) is 0 Å². The zero-order valence-corrected chi connectivity index (χ0v) is 15.8. The highest BCUT2D eigenvalue weighted by Crippen LogP contribution is 2.30. The molecule has 0 N–H and O–H groups in total. The molecule has 1 unspecified atom stereocenters. The van der Waals surface area contributed by atoms with Crippen LogP contribution in [-0.2, 0) is 23.9 Å². The topological polar surface area (TPSA) is 86.7 Å². The molecule has 0 bridgehead atoms. The first-order valence-electron chi connectivity index (χ1n) is 9.03. The predicted molar refractivity (Wildman–Crippen MR) is 102 cm³/mol. The number of carbonyl (C=O) groups excluding carboxylic acids is 4. The van der Waals surface area contributed by atoms with Gasteiger partial charge >= 0.3 is 11.9 Å². The van der Waals surface area contributed by atoms with Gasteiger partial charge in [-0.2, -0.15) is 0 Å². The lowest BCUT2D eigenvalue weighted by molar-refractivity contribution is -0.163. The van der Waals surface area contributed by atoms with Crippen molar-refractivity contribution in [1.29, 1.82) is 0 Å². The molecule has 0 aliphatic carbocycles. The van der Waals surface area contributed by atoms with Gasteiger partial charge in [0.1, 0.15) is 0 Å². The lowest BCUT2D eigenvalue weighted by Gasteiger charge is -2.23. The minimum atomic E-state index is -1.57. The molecule has 0 aliphatic rings. The summed E-state index contributed by atoms with van der Waals surface area (Å²) in [5.74, 6) is -6.36. The first-order chi connectivity index (χ1) is 13.5. The Morgan fingerprint density at radius 1 is 0.750 bits per heavy atom. The average molecular weight is 382 g/mol. The third-order valence-corrected chi connectivity index (χ3v) is 4.12. The van der Waals surface area contributed by atoms with Crippen LogP contribution in [0, 0.1) is 5.92 Å². The van der Waals surface area contributed by atoms with Crippen LogP contribution in [0.25, 0.3) is 0 Å². The standard InChI is InChI=1S/C22H22O6/c1-3-27-21(25)18(22(26)28-4-2)17(15-11-7-5-8-12-15)20(24)19(23)16-13-9-6-10-14-16/h5-14,17-18H,3-4H2,1-2H3. The van der Waals surface area contributed by atoms with E-state index < -0.39 is 35.3 Å². The minimum absolute atomic E-state index is 0.0249. The van der Waals surface area contributed by atoms with E-state index >= 15 is 0 Å². The van der Waals surface area contributed by atoms with Gasteiger partial charge in [-0.15, -0.1) is 0 Å². The third kappa shape index (κ3) is 4.91. The van der Waals surface area contributed by atoms with E-state index in [1.807, 2.05) is 0 Å². The monoisotopic (exact) mass is 382 g/mol. The molecule has 2 aromatic rings. The van der Waals surface area contributed by atoms with E-state index in [0.717, 1.165) is 0 Å². The largest absolute Gasteiger partial charge is 0.465 e. The molecule has 0 spiro atoms. The molecule has 0 saturated heterocycles. The highest BCUT2D eigenvalue weighted by molar-refractivity contribution is 6.46. The van der Waals surface area contributed by atoms with Gasteiger partial charge in [-0.1, -0.05) is 60.7 Å². The zero-order chi connectivity index (χ0) is 20.5. The molecule has 0 heterocycles. The van der Waals surface area contributed by atoms with Crippen LogP contribution in [0.1, 0.15) is 35.7 Å². The normalized spacial score (nSPS) is 11.5. The maximum Gasteiger partial charge on any atom is 0.321 e. The molecule has 0 aliphatic heterocycles. The Kier molecular flexibility index (Phi) is 7.63. The summed E-state index contributed by atoms with van der Waals surface area (Å²) < 4.78 is 10.0. The fraction of sp³-hybridized carbons (Fsp3) is 0.273. The van der Waals surface area contributed by atoms with Gasteiger partial charge in [0.25, 0.3) is 0 Å². The van der Waals surface area contributed by atoms with Gasteiger partial charge in [0.05, 0.1) is 19.1 Å². The SMILES string of the molecule is CCOC(=O)C(C(=O)OCC)C(C(=O)C(=O)c1ccccc1)c1ccccc1. The van der Waals surface area contributed by atoms with Gasteiger partial charge in [-0.3, -0.25) is 19.2 Å². The van der Waals surface area contributed by atoms with E-state index in [4.69, 9.17) is 9.47 Å². The molecule has 0 saturated carbocycles. The molecule has 0 amide bonds. The highest BCUT2D eigenvalue weighted by Gasteiger charge is 2.44. The Hall–Kier alpha value is -3.28. The Bertz CT molecular complexity index is 811. The van der Waals surface area contributed by atoms with Gasteiger partial charge in [-0.05, 0) is 19.4 Å². The van der Waals surface area contributed by atoms with E-state index in [-0.39, 0.29) is 18.8 Å². The van der Waals surface area contributed by atoms with Crippen LogP contribution in [0.3, 0.4) is 0 Å². The van der Waals surface area contributed by atoms with E-state index in [2.05, 4.69) is 0 Å². The van der Waals surface area contributed by atoms with Crippen LogP contribution in [0.4, 0.5) is 0 Å². The number of hydrogen-bond acceptors (Lipinski definition) is 6. The summed E-state index contributed by atoms with van der Waals surface area (Å²) in [5.41, 5.74) is 0.544. The van der Waals surface area contributed by atoms with Gasteiger partial charge in [0.15, 0.2) is 5.92 Å². The molecular weight excluding hydrogens is 360 g/mol. The molecule has 6 nitrogen and oxygen atoms in total. The zero-order valence-electron chi connectivity index (χ0n) is 15.8. The van der Waals surface area contributed by atoms with Crippen LogP contribution in [0.2, 0.25) is 0 Å². The van der Waals surface area contributed by atoms with Crippen LogP contribution in [-0.4, -0.2) is 36.7 Å². The first-order valence-corrected chi connectivity index (χ1v) is 9.03. The van der Waals surface area contributed by atoms with E-state index in [1.54, 1.807) is 62.4 Å². The number of carbonyl (C=O) groups is 4. The Labute approximate surface area is 163 Å². The number of Topliss-reactive ketones (excluding diaryl/α,β-unsaturated/α-hetero) is 2. The van der Waals surface area contributed by atoms with Gasteiger partial charge in [0.2, 0.25) is 11.6 Å². The van der Waals surface area contributed by atoms with Crippen LogP contribution in [0.5, 0.6) is 0 Å². The number of ketones is 2. The molecule has 0 aromatic heterocycles. The number of hydrogen-bond donors (Lipinski definition) is 0. The maximum absolute atomic E-state index is 13.1. The minimum Gasteiger partial charge on any atom is -0.465 e. The number of benzene rings is 2. The van der Waals surface area contributed by atoms with Crippen molar-refractivity contribution in [3.05, 3.63) is 71.8 Å². The summed E-state index contributed by atoms with van der Waals surface area (Å²) in [6.45, 7) is 3.23. The third-order valence-electron chi connectivity index (χ3n) is 4.12. The summed E-state index contributed by atoms with van der Waals surface area (Å²) in [4.78, 5) is 51.0. The molecule has 2 rings (SSSR count). The summed E-state index contributed by atoms with van der Waals surface area (Å²) >= 11 is 0. The second-order valence-electron chi connectivity index (χ2n) is 5.93. The maximum atomic E-state index is 13.1. The Balaban J connectivity index is 2.53. The lowest BCUT2D eigenvalue weighted by atomic mass is 9.80. The molecule has 6 heteroatoms. The number of esters is 2. The second kappa shape index (κ2) is 10.2. The van der Waals surface area contributed by atoms with Crippen LogP contribution < -0.4 is 0 Å². The number of rotatable bonds is 9. The van der Waals surface area contributed by atoms with Crippen molar-refractivity contribution in [1.82, 2.24) is 0 Å². The summed E-state index contributed by atoms with van der Waals surface area (Å²) in [5, 5.41) is 0. The fourth-order valence-electron chi connectivity index (χ4n) is 2.86. The van der Waals surface area contributed by atoms with Crippen LogP contribution in [0.15, 0.2) is 60.7 Å². The summed E-state index contributed by atoms with van der Waals surface area (Å²) in [6.07, 6.45) is 0. The smallest absolute Gasteiger partial charge is 0.321 e. The molecule has 0 radical (unpaired) electrons. The molecule has 28 heavy (non-hydrogen) atoms. The van der Waals surface area contributed by atoms with Crippen molar-refractivity contribution in [3.63, 3.8) is 0 Å². The van der Waals surface area contributed by atoms with E-state index in [0.29, 0.717) is 5.56 Å². The molecule has 146 valence electrons. The van der Waals surface area contributed by atoms with Crippen LogP contribution >= 0.6 is 0 Å². The average Bonchev–Trinajstić information content (AvgIpc) is 2.72. The van der Waals surface area contributed by atoms with Gasteiger partial charge in [-0.25, -0.2) is 0 Å². The molecule has 0 fully saturated rings. The van der Waals surface area contributed by atoms with E-state index in [9.17, 15) is 19.2 Å². The summed E-state index contributed by atoms with van der Waals surface area (Å²) in [7, 11) is 0. The first kappa shape index (κ1) is 21.0. The molecule has 1 atom stereocenters. The Morgan fingerprint density at radius 3 is 1.68 bits per heavy atom. The van der Waals surface area contributed by atoms with Gasteiger partial charge < -0.3 is 9.47 Å². The molecular formula is C22H22O6. The van der Waals surface area contributed by atoms with Crippen molar-refractivity contribution in [2.75, 3.05) is 13.2 Å². The number of ether oxygens (including phenoxy) is 2. The van der Waals surface area contributed by atoms with Crippen molar-refractivity contribution >= 4 is 23.5 Å². The highest BCUT2D eigenvalue weighted by atomic mass is 16.6. The predicted octanol–water partition coefficient (Wildman–Crippen LogP) is 2.96. The van der Waals surface area contributed by atoms with Crippen molar-refractivity contribution < 1.29 is 28.7 Å². The quantitative estimate of drug-likeness (QED) is 0.287. The van der Waals surface area contributed by atoms with Crippen molar-refractivity contribution in [2.24, 2.45) is 5.92 Å². The second-order valence-corrected chi connectivity index (χ2v) is 5.93. The lowest BCUT2D eigenvalue weighted by Crippen LogP contribution is -2.39. The summed E-state index contributed by atoms with van der Waals surface area (Å²) in [6, 6.07) is 16.2. The molecule has 2 aromatic carbocycles. The van der Waals surface area contributed by atoms with E-state index in [1.165, 1.54) is 12.1 Å². The van der Waals surface area contributed by atoms with Gasteiger partial charge in [0, 0.05) is 5.56 Å². The fourth-order valence-corrected chi connectivity index (χ4v) is 2.86.